The summed E-state index contributed by atoms with van der Waals surface area (Å²) < 4.78 is 4.31. The Balaban J connectivity index is 2.09. The molecular formula is C26H42N2O5S. The maximum atomic E-state index is 14.2. The lowest BCUT2D eigenvalue weighted by atomic mass is 9.66. The van der Waals surface area contributed by atoms with E-state index in [-0.39, 0.29) is 36.9 Å². The summed E-state index contributed by atoms with van der Waals surface area (Å²) in [5.74, 6) is -1.86. The standard InChI is InChI=1S/C26H42N2O5S/c1-7-10-11-15-27(14-8-2)23(31)21-26-13-12-25(6,34-26)20(24(32)33-9-3)19(26)22(30)28(21)18(16-29)17(4)5/h8,17-21,29H,2,7,9-16H2,1,3-6H3/t18-,19-,20-,21?,25+,26?/m0/s1. The molecule has 2 bridgehead atoms. The Morgan fingerprint density at radius 1 is 1.32 bits per heavy atom. The average Bonchev–Trinajstić information content (AvgIpc) is 3.35. The van der Waals surface area contributed by atoms with Crippen molar-refractivity contribution in [1.29, 1.82) is 0 Å². The van der Waals surface area contributed by atoms with Crippen LogP contribution >= 0.6 is 11.8 Å². The number of aliphatic hydroxyl groups excluding tert-OH is 1. The third kappa shape index (κ3) is 4.29. The molecule has 2 unspecified atom stereocenters. The van der Waals surface area contributed by atoms with Crippen molar-refractivity contribution in [2.24, 2.45) is 17.8 Å². The van der Waals surface area contributed by atoms with Gasteiger partial charge in [0.2, 0.25) is 11.8 Å². The second-order valence-corrected chi connectivity index (χ2v) is 12.4. The molecule has 7 nitrogen and oxygen atoms in total. The van der Waals surface area contributed by atoms with Gasteiger partial charge in [0.25, 0.3) is 0 Å². The van der Waals surface area contributed by atoms with Crippen LogP contribution in [0.15, 0.2) is 12.7 Å². The molecular weight excluding hydrogens is 452 g/mol. The first-order valence-electron chi connectivity index (χ1n) is 12.8. The van der Waals surface area contributed by atoms with Crippen molar-refractivity contribution in [1.82, 2.24) is 9.80 Å². The molecule has 3 rings (SSSR count). The Kier molecular flexibility index (Phi) is 8.44. The number of hydrogen-bond acceptors (Lipinski definition) is 6. The van der Waals surface area contributed by atoms with Crippen molar-refractivity contribution >= 4 is 29.5 Å². The molecule has 3 fully saturated rings. The van der Waals surface area contributed by atoms with E-state index in [4.69, 9.17) is 4.74 Å². The summed E-state index contributed by atoms with van der Waals surface area (Å²) in [6.45, 7) is 14.8. The van der Waals surface area contributed by atoms with Crippen LogP contribution in [0.25, 0.3) is 0 Å². The molecule has 1 N–H and O–H groups in total. The predicted octanol–water partition coefficient (Wildman–Crippen LogP) is 3.25. The smallest absolute Gasteiger partial charge is 0.311 e. The van der Waals surface area contributed by atoms with E-state index in [2.05, 4.69) is 13.5 Å². The first kappa shape index (κ1) is 27.1. The largest absolute Gasteiger partial charge is 0.466 e. The van der Waals surface area contributed by atoms with E-state index in [9.17, 15) is 19.5 Å². The lowest BCUT2D eigenvalue weighted by Gasteiger charge is -2.40. The van der Waals surface area contributed by atoms with Gasteiger partial charge in [-0.2, -0.15) is 0 Å². The van der Waals surface area contributed by atoms with Crippen molar-refractivity contribution < 1.29 is 24.2 Å². The minimum absolute atomic E-state index is 0.0359. The second kappa shape index (κ2) is 10.6. The summed E-state index contributed by atoms with van der Waals surface area (Å²) in [4.78, 5) is 44.9. The van der Waals surface area contributed by atoms with Crippen LogP contribution < -0.4 is 0 Å². The fraction of sp³-hybridized carbons (Fsp3) is 0.808. The van der Waals surface area contributed by atoms with Gasteiger partial charge in [-0.25, -0.2) is 0 Å². The number of ether oxygens (including phenoxy) is 1. The maximum absolute atomic E-state index is 14.2. The van der Waals surface area contributed by atoms with E-state index in [0.29, 0.717) is 19.5 Å². The highest BCUT2D eigenvalue weighted by Gasteiger charge is 2.78. The van der Waals surface area contributed by atoms with E-state index < -0.39 is 33.4 Å². The van der Waals surface area contributed by atoms with Crippen LogP contribution in [0.5, 0.6) is 0 Å². The molecule has 192 valence electrons. The highest BCUT2D eigenvalue weighted by Crippen LogP contribution is 2.71. The van der Waals surface area contributed by atoms with Crippen LogP contribution in [0.2, 0.25) is 0 Å². The van der Waals surface area contributed by atoms with Gasteiger partial charge in [-0.15, -0.1) is 18.3 Å². The van der Waals surface area contributed by atoms with Gasteiger partial charge in [-0.05, 0) is 39.0 Å². The highest BCUT2D eigenvalue weighted by molar-refractivity contribution is 8.02. The minimum atomic E-state index is -0.711. The SMILES string of the molecule is C=CCN(CCCCC)C(=O)C1N([C@@H](CO)C(C)C)C(=O)[C@@H]2[C@@H](C(=O)OCC)[C@@]3(C)CCC12S3. The van der Waals surface area contributed by atoms with Gasteiger partial charge in [-0.3, -0.25) is 14.4 Å². The molecule has 0 aromatic carbocycles. The zero-order chi connectivity index (χ0) is 25.3. The van der Waals surface area contributed by atoms with Crippen molar-refractivity contribution in [2.45, 2.75) is 88.3 Å². The molecule has 0 aromatic heterocycles. The summed E-state index contributed by atoms with van der Waals surface area (Å²) in [5.41, 5.74) is 0. The molecule has 3 heterocycles. The van der Waals surface area contributed by atoms with E-state index in [0.717, 1.165) is 25.7 Å². The van der Waals surface area contributed by atoms with E-state index in [1.807, 2.05) is 25.7 Å². The quantitative estimate of drug-likeness (QED) is 0.255. The van der Waals surface area contributed by atoms with Crippen molar-refractivity contribution in [3.8, 4) is 0 Å². The molecule has 3 aliphatic heterocycles. The van der Waals surface area contributed by atoms with Crippen LogP contribution in [0.1, 0.15) is 66.7 Å². The van der Waals surface area contributed by atoms with Gasteiger partial charge < -0.3 is 19.6 Å². The van der Waals surface area contributed by atoms with Crippen LogP contribution in [0, 0.1) is 17.8 Å². The zero-order valence-corrected chi connectivity index (χ0v) is 22.2. The summed E-state index contributed by atoms with van der Waals surface area (Å²) in [6, 6.07) is -1.20. The van der Waals surface area contributed by atoms with Crippen LogP contribution in [-0.4, -0.2) is 80.6 Å². The number of thioether (sulfide) groups is 1. The lowest BCUT2D eigenvalue weighted by Crippen LogP contribution is -2.58. The van der Waals surface area contributed by atoms with E-state index in [1.54, 1.807) is 29.7 Å². The Labute approximate surface area is 208 Å². The molecule has 3 saturated heterocycles. The number of amides is 2. The van der Waals surface area contributed by atoms with Crippen molar-refractivity contribution in [3.05, 3.63) is 12.7 Å². The number of rotatable bonds is 12. The van der Waals surface area contributed by atoms with Gasteiger partial charge >= 0.3 is 5.97 Å². The zero-order valence-electron chi connectivity index (χ0n) is 21.4. The number of aliphatic hydroxyl groups is 1. The molecule has 0 radical (unpaired) electrons. The van der Waals surface area contributed by atoms with Gasteiger partial charge in [0.05, 0.1) is 35.8 Å². The molecule has 6 atom stereocenters. The van der Waals surface area contributed by atoms with Gasteiger partial charge in [0.15, 0.2) is 0 Å². The van der Waals surface area contributed by atoms with Gasteiger partial charge in [-0.1, -0.05) is 39.7 Å². The van der Waals surface area contributed by atoms with Crippen molar-refractivity contribution in [2.75, 3.05) is 26.3 Å². The molecule has 0 saturated carbocycles. The Hall–Kier alpha value is -1.54. The molecule has 8 heteroatoms. The number of hydrogen-bond donors (Lipinski definition) is 1. The first-order valence-corrected chi connectivity index (χ1v) is 13.6. The lowest BCUT2D eigenvalue weighted by molar-refractivity contribution is -0.155. The monoisotopic (exact) mass is 494 g/mol. The normalized spacial score (nSPS) is 32.7. The predicted molar refractivity (Wildman–Crippen MR) is 134 cm³/mol. The molecule has 34 heavy (non-hydrogen) atoms. The van der Waals surface area contributed by atoms with Crippen molar-refractivity contribution in [3.63, 3.8) is 0 Å². The van der Waals surface area contributed by atoms with Crippen LogP contribution in [-0.2, 0) is 19.1 Å². The highest BCUT2D eigenvalue weighted by atomic mass is 32.2. The van der Waals surface area contributed by atoms with E-state index in [1.165, 1.54) is 0 Å². The number of carbonyl (C=O) groups is 3. The summed E-state index contributed by atoms with van der Waals surface area (Å²) in [7, 11) is 0. The summed E-state index contributed by atoms with van der Waals surface area (Å²) in [6.07, 6.45) is 6.13. The number of nitrogens with zero attached hydrogens (tertiary/aromatic N) is 2. The fourth-order valence-electron chi connectivity index (χ4n) is 6.38. The Morgan fingerprint density at radius 3 is 2.59 bits per heavy atom. The fourth-order valence-corrected chi connectivity index (χ4v) is 8.71. The molecule has 3 aliphatic rings. The Morgan fingerprint density at radius 2 is 2.03 bits per heavy atom. The third-order valence-corrected chi connectivity index (χ3v) is 9.98. The topological polar surface area (TPSA) is 87.2 Å². The molecule has 1 spiro atoms. The summed E-state index contributed by atoms with van der Waals surface area (Å²) >= 11 is 1.64. The second-order valence-electron chi connectivity index (χ2n) is 10.5. The minimum Gasteiger partial charge on any atom is -0.466 e. The molecule has 0 aliphatic carbocycles. The number of unbranched alkanes of at least 4 members (excludes halogenated alkanes) is 2. The number of likely N-dealkylation sites (tertiary alicyclic amines) is 1. The number of fused-ring (bicyclic) bond motifs is 1. The van der Waals surface area contributed by atoms with Crippen LogP contribution in [0.3, 0.4) is 0 Å². The third-order valence-electron chi connectivity index (χ3n) is 8.00. The molecule has 2 amide bonds. The Bertz CT molecular complexity index is 804. The number of esters is 1. The number of carbonyl (C=O) groups excluding carboxylic acids is 3. The van der Waals surface area contributed by atoms with Gasteiger partial charge in [0, 0.05) is 17.8 Å². The van der Waals surface area contributed by atoms with Crippen LogP contribution in [0.4, 0.5) is 0 Å². The maximum Gasteiger partial charge on any atom is 0.311 e. The van der Waals surface area contributed by atoms with Gasteiger partial charge in [0.1, 0.15) is 6.04 Å². The molecule has 0 aromatic rings. The average molecular weight is 495 g/mol. The van der Waals surface area contributed by atoms with E-state index >= 15 is 0 Å². The summed E-state index contributed by atoms with van der Waals surface area (Å²) in [5, 5.41) is 10.3. The first-order chi connectivity index (χ1) is 16.1.